The van der Waals surface area contributed by atoms with Crippen molar-refractivity contribution < 1.29 is 9.53 Å². The highest BCUT2D eigenvalue weighted by Crippen LogP contribution is 2.33. The molecule has 19 heavy (non-hydrogen) atoms. The number of carbonyl (C=O) groups excluding carboxylic acids is 1. The minimum atomic E-state index is 0.281. The van der Waals surface area contributed by atoms with Crippen LogP contribution in [-0.2, 0) is 6.42 Å². The molecule has 2 aliphatic rings. The summed E-state index contributed by atoms with van der Waals surface area (Å²) in [7, 11) is 0. The summed E-state index contributed by atoms with van der Waals surface area (Å²) in [6, 6.07) is 5.95. The van der Waals surface area contributed by atoms with Crippen LogP contribution >= 0.6 is 0 Å². The molecule has 0 amide bonds. The Morgan fingerprint density at radius 2 is 2.05 bits per heavy atom. The molecule has 3 rings (SSSR count). The van der Waals surface area contributed by atoms with E-state index in [0.717, 1.165) is 48.5 Å². The molecule has 1 saturated carbocycles. The first-order chi connectivity index (χ1) is 9.24. The third kappa shape index (κ3) is 2.68. The molecule has 2 nitrogen and oxygen atoms in total. The number of benzene rings is 1. The molecule has 2 heteroatoms. The Morgan fingerprint density at radius 3 is 2.89 bits per heavy atom. The average molecular weight is 258 g/mol. The second kappa shape index (κ2) is 5.36. The van der Waals surface area contributed by atoms with Crippen LogP contribution in [0.25, 0.3) is 0 Å². The van der Waals surface area contributed by atoms with Crippen LogP contribution in [0, 0.1) is 5.92 Å². The van der Waals surface area contributed by atoms with Gasteiger partial charge in [-0.2, -0.15) is 0 Å². The lowest BCUT2D eigenvalue weighted by Gasteiger charge is -2.29. The summed E-state index contributed by atoms with van der Waals surface area (Å²) in [6.07, 6.45) is 7.88. The minimum absolute atomic E-state index is 0.281. The van der Waals surface area contributed by atoms with Crippen molar-refractivity contribution in [3.63, 3.8) is 0 Å². The van der Waals surface area contributed by atoms with Gasteiger partial charge in [0.05, 0.1) is 6.10 Å². The molecule has 0 radical (unpaired) electrons. The van der Waals surface area contributed by atoms with Gasteiger partial charge in [0.25, 0.3) is 0 Å². The van der Waals surface area contributed by atoms with E-state index < -0.39 is 0 Å². The van der Waals surface area contributed by atoms with Crippen molar-refractivity contribution >= 4 is 5.78 Å². The molecular weight excluding hydrogens is 236 g/mol. The monoisotopic (exact) mass is 258 g/mol. The van der Waals surface area contributed by atoms with Crippen molar-refractivity contribution in [2.45, 2.75) is 58.0 Å². The summed E-state index contributed by atoms with van der Waals surface area (Å²) in [5, 5.41) is 0. The molecule has 0 saturated heterocycles. The molecule has 2 atom stereocenters. The smallest absolute Gasteiger partial charge is 0.163 e. The molecule has 1 fully saturated rings. The Bertz CT molecular complexity index is 478. The van der Waals surface area contributed by atoms with Crippen LogP contribution in [0.4, 0.5) is 0 Å². The van der Waals surface area contributed by atoms with Gasteiger partial charge in [-0.15, -0.1) is 0 Å². The number of ether oxygens (including phenoxy) is 1. The molecule has 0 N–H and O–H groups in total. The zero-order valence-electron chi connectivity index (χ0n) is 11.7. The van der Waals surface area contributed by atoms with Crippen molar-refractivity contribution in [2.75, 3.05) is 0 Å². The zero-order valence-corrected chi connectivity index (χ0v) is 11.7. The predicted octanol–water partition coefficient (Wildman–Crippen LogP) is 4.16. The largest absolute Gasteiger partial charge is 0.490 e. The first-order valence-corrected chi connectivity index (χ1v) is 7.56. The highest BCUT2D eigenvalue weighted by molar-refractivity contribution is 5.99. The molecular formula is C17H22O2. The third-order valence-corrected chi connectivity index (χ3v) is 4.45. The molecule has 0 spiro atoms. The van der Waals surface area contributed by atoms with E-state index in [4.69, 9.17) is 4.74 Å². The van der Waals surface area contributed by atoms with E-state index in [2.05, 4.69) is 6.92 Å². The van der Waals surface area contributed by atoms with Gasteiger partial charge in [0.15, 0.2) is 5.78 Å². The molecule has 1 aromatic carbocycles. The van der Waals surface area contributed by atoms with Gasteiger partial charge in [-0.05, 0) is 44.1 Å². The number of ketones is 1. The van der Waals surface area contributed by atoms with Crippen LogP contribution < -0.4 is 4.74 Å². The number of hydrogen-bond donors (Lipinski definition) is 0. The van der Waals surface area contributed by atoms with Crippen LogP contribution in [0.2, 0.25) is 0 Å². The summed E-state index contributed by atoms with van der Waals surface area (Å²) < 4.78 is 6.22. The van der Waals surface area contributed by atoms with Crippen LogP contribution in [0.1, 0.15) is 61.4 Å². The zero-order chi connectivity index (χ0) is 13.2. The van der Waals surface area contributed by atoms with E-state index in [1.807, 2.05) is 18.2 Å². The Balaban J connectivity index is 1.81. The van der Waals surface area contributed by atoms with Gasteiger partial charge in [0.2, 0.25) is 0 Å². The number of Topliss-reactive ketones (excluding diaryl/α,β-unsaturated/α-hetero) is 1. The number of rotatable bonds is 2. The predicted molar refractivity (Wildman–Crippen MR) is 75.8 cm³/mol. The van der Waals surface area contributed by atoms with Crippen molar-refractivity contribution in [3.8, 4) is 5.75 Å². The summed E-state index contributed by atoms with van der Waals surface area (Å²) in [4.78, 5) is 11.9. The maximum absolute atomic E-state index is 11.9. The summed E-state index contributed by atoms with van der Waals surface area (Å²) in [5.41, 5.74) is 2.05. The topological polar surface area (TPSA) is 26.3 Å². The van der Waals surface area contributed by atoms with Crippen molar-refractivity contribution in [1.29, 1.82) is 0 Å². The molecule has 0 aromatic heterocycles. The fourth-order valence-electron chi connectivity index (χ4n) is 3.42. The summed E-state index contributed by atoms with van der Waals surface area (Å²) in [5.74, 6) is 2.01. The standard InChI is InChI=1S/C17H22O2/c1-12-5-2-6-13(11-12)19-17-10-4-7-14-15(17)8-3-9-16(14)18/h4,7,10,12-13H,2-3,5-6,8-9,11H2,1H3. The van der Waals surface area contributed by atoms with E-state index in [-0.39, 0.29) is 5.78 Å². The second-order valence-corrected chi connectivity index (χ2v) is 6.07. The summed E-state index contributed by atoms with van der Waals surface area (Å²) >= 11 is 0. The van der Waals surface area contributed by atoms with Gasteiger partial charge < -0.3 is 4.74 Å². The Morgan fingerprint density at radius 1 is 1.16 bits per heavy atom. The Hall–Kier alpha value is -1.31. The fourth-order valence-corrected chi connectivity index (χ4v) is 3.42. The molecule has 0 aliphatic heterocycles. The normalized spacial score (nSPS) is 26.9. The molecule has 2 aliphatic carbocycles. The van der Waals surface area contributed by atoms with E-state index in [9.17, 15) is 4.79 Å². The molecule has 0 bridgehead atoms. The van der Waals surface area contributed by atoms with Crippen molar-refractivity contribution in [3.05, 3.63) is 29.3 Å². The molecule has 0 heterocycles. The minimum Gasteiger partial charge on any atom is -0.490 e. The van der Waals surface area contributed by atoms with Crippen LogP contribution in [-0.4, -0.2) is 11.9 Å². The summed E-state index contributed by atoms with van der Waals surface area (Å²) in [6.45, 7) is 2.31. The van der Waals surface area contributed by atoms with E-state index >= 15 is 0 Å². The lowest BCUT2D eigenvalue weighted by Crippen LogP contribution is -2.25. The van der Waals surface area contributed by atoms with Gasteiger partial charge in [0.1, 0.15) is 5.75 Å². The van der Waals surface area contributed by atoms with Gasteiger partial charge in [0, 0.05) is 17.5 Å². The highest BCUT2D eigenvalue weighted by atomic mass is 16.5. The van der Waals surface area contributed by atoms with Gasteiger partial charge in [-0.3, -0.25) is 4.79 Å². The lowest BCUT2D eigenvalue weighted by atomic mass is 9.88. The Labute approximate surface area is 115 Å². The van der Waals surface area contributed by atoms with E-state index in [1.54, 1.807) is 0 Å². The first-order valence-electron chi connectivity index (χ1n) is 7.56. The number of fused-ring (bicyclic) bond motifs is 1. The van der Waals surface area contributed by atoms with Crippen molar-refractivity contribution in [1.82, 2.24) is 0 Å². The first kappa shape index (κ1) is 12.7. The van der Waals surface area contributed by atoms with E-state index in [1.165, 1.54) is 12.8 Å². The highest BCUT2D eigenvalue weighted by Gasteiger charge is 2.24. The second-order valence-electron chi connectivity index (χ2n) is 6.07. The van der Waals surface area contributed by atoms with Gasteiger partial charge in [-0.1, -0.05) is 25.5 Å². The van der Waals surface area contributed by atoms with Gasteiger partial charge in [-0.25, -0.2) is 0 Å². The average Bonchev–Trinajstić information content (AvgIpc) is 2.40. The lowest BCUT2D eigenvalue weighted by molar-refractivity contribution is 0.0966. The molecule has 102 valence electrons. The number of carbonyl (C=O) groups is 1. The van der Waals surface area contributed by atoms with Gasteiger partial charge >= 0.3 is 0 Å². The molecule has 1 aromatic rings. The third-order valence-electron chi connectivity index (χ3n) is 4.45. The Kier molecular flexibility index (Phi) is 3.58. The fraction of sp³-hybridized carbons (Fsp3) is 0.588. The van der Waals surface area contributed by atoms with Crippen molar-refractivity contribution in [2.24, 2.45) is 5.92 Å². The quantitative estimate of drug-likeness (QED) is 0.796. The van der Waals surface area contributed by atoms with Crippen LogP contribution in [0.3, 0.4) is 0 Å². The maximum atomic E-state index is 11.9. The van der Waals surface area contributed by atoms with Crippen LogP contribution in [0.5, 0.6) is 5.75 Å². The van der Waals surface area contributed by atoms with Crippen LogP contribution in [0.15, 0.2) is 18.2 Å². The molecule has 2 unspecified atom stereocenters. The number of hydrogen-bond acceptors (Lipinski definition) is 2. The van der Waals surface area contributed by atoms with E-state index in [0.29, 0.717) is 12.5 Å². The maximum Gasteiger partial charge on any atom is 0.163 e. The SMILES string of the molecule is CC1CCCC(Oc2cccc3c2CCCC3=O)C1.